The van der Waals surface area contributed by atoms with Crippen molar-refractivity contribution in [1.82, 2.24) is 14.3 Å². The number of H-pyrrole nitrogens is 1. The molecule has 0 spiro atoms. The summed E-state index contributed by atoms with van der Waals surface area (Å²) in [5.41, 5.74) is -5.86. The number of anilines is 1. The summed E-state index contributed by atoms with van der Waals surface area (Å²) >= 11 is 0. The van der Waals surface area contributed by atoms with Crippen LogP contribution in [0.5, 0.6) is 0 Å². The molecule has 1 aromatic heterocycles. The predicted octanol–water partition coefficient (Wildman–Crippen LogP) is 5.44. The van der Waals surface area contributed by atoms with E-state index in [-0.39, 0.29) is 22.1 Å². The lowest BCUT2D eigenvalue weighted by Crippen LogP contribution is -2.47. The fourth-order valence-corrected chi connectivity index (χ4v) is 6.00. The van der Waals surface area contributed by atoms with Crippen LogP contribution in [0.15, 0.2) is 30.7 Å². The van der Waals surface area contributed by atoms with Crippen LogP contribution in [-0.4, -0.2) is 40.8 Å². The van der Waals surface area contributed by atoms with Gasteiger partial charge in [-0.15, -0.1) is 0 Å². The van der Waals surface area contributed by atoms with Crippen molar-refractivity contribution in [3.63, 3.8) is 0 Å². The van der Waals surface area contributed by atoms with Crippen LogP contribution in [0.25, 0.3) is 0 Å². The minimum absolute atomic E-state index is 0.129. The van der Waals surface area contributed by atoms with Crippen LogP contribution < -0.4 is 4.90 Å². The summed E-state index contributed by atoms with van der Waals surface area (Å²) in [6, 6.07) is 2.17. The van der Waals surface area contributed by atoms with Crippen molar-refractivity contribution in [2.45, 2.75) is 69.3 Å². The number of nitrogens with zero attached hydrogens (tertiary/aromatic N) is 3. The molecular formula is C22H26F6N4O2S. The maximum atomic E-state index is 13.5. The Bertz CT molecular complexity index is 1110. The van der Waals surface area contributed by atoms with E-state index in [4.69, 9.17) is 0 Å². The Morgan fingerprint density at radius 2 is 1.77 bits per heavy atom. The van der Waals surface area contributed by atoms with Gasteiger partial charge in [0.2, 0.25) is 0 Å². The highest BCUT2D eigenvalue weighted by Crippen LogP contribution is 2.40. The number of imidazole rings is 1. The molecule has 13 heteroatoms. The van der Waals surface area contributed by atoms with E-state index >= 15 is 0 Å². The van der Waals surface area contributed by atoms with Crippen LogP contribution in [0, 0.1) is 5.92 Å². The van der Waals surface area contributed by atoms with Gasteiger partial charge in [-0.25, -0.2) is 13.4 Å². The second-order valence-corrected chi connectivity index (χ2v) is 11.1. The molecule has 0 amide bonds. The Morgan fingerprint density at radius 3 is 2.37 bits per heavy atom. The molecule has 1 N–H and O–H groups in total. The summed E-state index contributed by atoms with van der Waals surface area (Å²) in [4.78, 5) is 8.57. The molecule has 35 heavy (non-hydrogen) atoms. The minimum Gasteiger partial charge on any atom is -0.361 e. The number of aromatic nitrogens is 2. The highest BCUT2D eigenvalue weighted by Gasteiger charge is 2.51. The summed E-state index contributed by atoms with van der Waals surface area (Å²) in [6.07, 6.45) is 3.47. The van der Waals surface area contributed by atoms with Crippen LogP contribution in [0.1, 0.15) is 55.3 Å². The number of alkyl halides is 6. The Hall–Kier alpha value is -2.28. The number of hydrogen-bond acceptors (Lipinski definition) is 4. The number of fused-ring (bicyclic) bond motifs is 1. The molecular weight excluding hydrogens is 498 g/mol. The Morgan fingerprint density at radius 1 is 1.06 bits per heavy atom. The third-order valence-electron chi connectivity index (χ3n) is 6.83. The molecule has 1 atom stereocenters. The third kappa shape index (κ3) is 5.60. The van der Waals surface area contributed by atoms with E-state index in [0.717, 1.165) is 37.8 Å². The maximum absolute atomic E-state index is 13.5. The van der Waals surface area contributed by atoms with Crippen molar-refractivity contribution in [1.29, 1.82) is 0 Å². The van der Waals surface area contributed by atoms with Gasteiger partial charge in [-0.2, -0.15) is 30.6 Å². The maximum Gasteiger partial charge on any atom is 0.511 e. The van der Waals surface area contributed by atoms with E-state index in [1.54, 1.807) is 4.90 Å². The zero-order valence-corrected chi connectivity index (χ0v) is 19.6. The average Bonchev–Trinajstić information content (AvgIpc) is 3.44. The van der Waals surface area contributed by atoms with Crippen molar-refractivity contribution in [2.24, 2.45) is 5.92 Å². The molecule has 1 unspecified atom stereocenters. The topological polar surface area (TPSA) is 69.3 Å². The van der Waals surface area contributed by atoms with Crippen molar-refractivity contribution in [2.75, 3.05) is 11.4 Å². The molecule has 2 heterocycles. The van der Waals surface area contributed by atoms with Crippen LogP contribution in [0.4, 0.5) is 32.0 Å². The predicted molar refractivity (Wildman–Crippen MR) is 117 cm³/mol. The van der Waals surface area contributed by atoms with Crippen molar-refractivity contribution in [3.05, 3.63) is 47.5 Å². The van der Waals surface area contributed by atoms with Crippen LogP contribution in [0.3, 0.4) is 0 Å². The van der Waals surface area contributed by atoms with Gasteiger partial charge < -0.3 is 9.88 Å². The Kier molecular flexibility index (Phi) is 7.11. The number of aromatic amines is 1. The molecule has 1 aliphatic carbocycles. The van der Waals surface area contributed by atoms with E-state index < -0.39 is 46.4 Å². The molecule has 0 radical (unpaired) electrons. The van der Waals surface area contributed by atoms with Gasteiger partial charge in [0, 0.05) is 31.0 Å². The first-order valence-electron chi connectivity index (χ1n) is 11.4. The molecule has 0 saturated heterocycles. The molecule has 2 aromatic rings. The molecule has 194 valence electrons. The molecule has 0 bridgehead atoms. The monoisotopic (exact) mass is 524 g/mol. The summed E-state index contributed by atoms with van der Waals surface area (Å²) in [5, 5.41) is 0. The summed E-state index contributed by atoms with van der Waals surface area (Å²) in [5.74, 6) is 0.395. The normalized spacial score (nSPS) is 20.7. The zero-order chi connectivity index (χ0) is 25.4. The standard InChI is InChI=1S/C22H26F6N4O2S/c23-21(24,25)17-6-8-20-16(9-17)11-31(35(33,34)22(26,27)28)13-19(7-5-15-3-1-2-4-15)32(20)12-18-10-29-14-30-18/h6,8-10,14-15,19H,1-5,7,11-13H2,(H,29,30). The van der Waals surface area contributed by atoms with Gasteiger partial charge in [-0.3, -0.25) is 0 Å². The van der Waals surface area contributed by atoms with Crippen molar-refractivity contribution >= 4 is 15.7 Å². The number of hydrogen-bond donors (Lipinski definition) is 1. The van der Waals surface area contributed by atoms with Crippen LogP contribution in [-0.2, 0) is 29.3 Å². The fraction of sp³-hybridized carbons (Fsp3) is 0.591. The van der Waals surface area contributed by atoms with Gasteiger partial charge >= 0.3 is 21.7 Å². The molecule has 2 aliphatic rings. The average molecular weight is 525 g/mol. The molecule has 1 aliphatic heterocycles. The van der Waals surface area contributed by atoms with Gasteiger partial charge in [0.1, 0.15) is 0 Å². The van der Waals surface area contributed by atoms with Gasteiger partial charge in [-0.1, -0.05) is 25.7 Å². The van der Waals surface area contributed by atoms with Gasteiger partial charge in [0.25, 0.3) is 0 Å². The number of sulfonamides is 1. The molecule has 6 nitrogen and oxygen atoms in total. The quantitative estimate of drug-likeness (QED) is 0.511. The van der Waals surface area contributed by atoms with E-state index in [1.807, 2.05) is 0 Å². The molecule has 4 rings (SSSR count). The zero-order valence-electron chi connectivity index (χ0n) is 18.7. The smallest absolute Gasteiger partial charge is 0.361 e. The Labute approximate surface area is 199 Å². The van der Waals surface area contributed by atoms with Gasteiger partial charge in [0.15, 0.2) is 0 Å². The highest BCUT2D eigenvalue weighted by atomic mass is 32.2. The summed E-state index contributed by atoms with van der Waals surface area (Å²) in [6.45, 7) is -1.16. The van der Waals surface area contributed by atoms with Gasteiger partial charge in [-0.05, 0) is 42.5 Å². The molecule has 1 fully saturated rings. The Balaban J connectivity index is 1.78. The fourth-order valence-electron chi connectivity index (χ4n) is 5.03. The molecule has 1 aromatic carbocycles. The number of benzene rings is 1. The first-order valence-corrected chi connectivity index (χ1v) is 12.8. The summed E-state index contributed by atoms with van der Waals surface area (Å²) in [7, 11) is -5.76. The molecule has 1 saturated carbocycles. The lowest BCUT2D eigenvalue weighted by molar-refractivity contribution is -0.137. The van der Waals surface area contributed by atoms with E-state index in [1.165, 1.54) is 18.6 Å². The number of halogens is 6. The van der Waals surface area contributed by atoms with Crippen LogP contribution >= 0.6 is 0 Å². The third-order valence-corrected chi connectivity index (χ3v) is 8.37. The number of nitrogens with one attached hydrogen (secondary N) is 1. The lowest BCUT2D eigenvalue weighted by Gasteiger charge is -2.34. The SMILES string of the molecule is O=S(=O)(N1Cc2cc(C(F)(F)F)ccc2N(Cc2cnc[nH]2)C(CCC2CCCC2)C1)C(F)(F)F. The minimum atomic E-state index is -5.76. The second kappa shape index (κ2) is 9.64. The van der Waals surface area contributed by atoms with E-state index in [2.05, 4.69) is 9.97 Å². The van der Waals surface area contributed by atoms with Crippen molar-refractivity contribution in [3.8, 4) is 0 Å². The second-order valence-electron chi connectivity index (χ2n) is 9.17. The van der Waals surface area contributed by atoms with Crippen molar-refractivity contribution < 1.29 is 34.8 Å². The first-order chi connectivity index (χ1) is 16.4. The van der Waals surface area contributed by atoms with E-state index in [0.29, 0.717) is 24.5 Å². The van der Waals surface area contributed by atoms with Gasteiger partial charge in [0.05, 0.1) is 24.1 Å². The number of rotatable bonds is 6. The lowest BCUT2D eigenvalue weighted by atomic mass is 9.97. The largest absolute Gasteiger partial charge is 0.511 e. The first kappa shape index (κ1) is 25.8. The highest BCUT2D eigenvalue weighted by molar-refractivity contribution is 7.89. The van der Waals surface area contributed by atoms with Crippen LogP contribution in [0.2, 0.25) is 0 Å². The van der Waals surface area contributed by atoms with E-state index in [9.17, 15) is 34.8 Å². The summed E-state index contributed by atoms with van der Waals surface area (Å²) < 4.78 is 106.